The molecular weight excluding hydrogens is 789 g/mol. The maximum atomic E-state index is 13.0. The van der Waals surface area contributed by atoms with Gasteiger partial charge < -0.3 is 46.0 Å². The summed E-state index contributed by atoms with van der Waals surface area (Å²) in [6.45, 7) is 3.71. The second-order valence-electron chi connectivity index (χ2n) is 17.8. The van der Waals surface area contributed by atoms with Gasteiger partial charge in [-0.25, -0.2) is 4.57 Å². The molecule has 0 aromatic heterocycles. The zero-order valence-corrected chi connectivity index (χ0v) is 38.8. The van der Waals surface area contributed by atoms with Crippen LogP contribution in [0.3, 0.4) is 0 Å². The minimum Gasteiger partial charge on any atom is -0.390 e. The van der Waals surface area contributed by atoms with E-state index in [0.29, 0.717) is 12.8 Å². The molecule has 0 aromatic carbocycles. The van der Waals surface area contributed by atoms with Crippen molar-refractivity contribution in [2.24, 2.45) is 0 Å². The summed E-state index contributed by atoms with van der Waals surface area (Å²) in [5.41, 5.74) is 0. The molecule has 0 radical (unpaired) electrons. The second-order valence-corrected chi connectivity index (χ2v) is 19.2. The highest BCUT2D eigenvalue weighted by Gasteiger charge is 2.51. The molecule has 1 saturated carbocycles. The molecule has 1 aliphatic rings. The van der Waals surface area contributed by atoms with Crippen molar-refractivity contribution in [1.82, 2.24) is 5.32 Å². The molecule has 0 aliphatic heterocycles. The Morgan fingerprint density at radius 3 is 1.20 bits per heavy atom. The van der Waals surface area contributed by atoms with Gasteiger partial charge in [-0.2, -0.15) is 0 Å². The fourth-order valence-electron chi connectivity index (χ4n) is 8.18. The fourth-order valence-corrected chi connectivity index (χ4v) is 9.15. The van der Waals surface area contributed by atoms with E-state index in [2.05, 4.69) is 19.2 Å². The summed E-state index contributed by atoms with van der Waals surface area (Å²) in [4.78, 5) is 23.5. The van der Waals surface area contributed by atoms with Crippen LogP contribution in [0.2, 0.25) is 0 Å². The Hall–Kier alpha value is -0.700. The molecule has 9 N–H and O–H groups in total. The first-order valence-corrected chi connectivity index (χ1v) is 26.1. The molecule has 1 fully saturated rings. The van der Waals surface area contributed by atoms with Gasteiger partial charge in [0.15, 0.2) is 0 Å². The van der Waals surface area contributed by atoms with Gasteiger partial charge in [-0.1, -0.05) is 206 Å². The van der Waals surface area contributed by atoms with Crippen molar-refractivity contribution in [3.05, 3.63) is 0 Å². The van der Waals surface area contributed by atoms with Crippen molar-refractivity contribution >= 4 is 13.7 Å². The smallest absolute Gasteiger partial charge is 0.390 e. The van der Waals surface area contributed by atoms with Crippen LogP contribution in [0.25, 0.3) is 0 Å². The van der Waals surface area contributed by atoms with E-state index in [-0.39, 0.29) is 12.8 Å². The summed E-state index contributed by atoms with van der Waals surface area (Å²) < 4.78 is 22.9. The zero-order chi connectivity index (χ0) is 44.4. The van der Waals surface area contributed by atoms with Crippen LogP contribution in [0.4, 0.5) is 0 Å². The number of nitrogens with one attached hydrogen (secondary N) is 1. The van der Waals surface area contributed by atoms with E-state index in [9.17, 15) is 50.0 Å². The largest absolute Gasteiger partial charge is 0.472 e. The Morgan fingerprint density at radius 2 is 0.833 bits per heavy atom. The molecule has 6 unspecified atom stereocenters. The number of carbonyl (C=O) groups is 1. The number of phosphoric acid groups is 1. The average molecular weight is 882 g/mol. The molecule has 0 aromatic rings. The van der Waals surface area contributed by atoms with Crippen molar-refractivity contribution in [2.75, 3.05) is 6.61 Å². The third-order valence-corrected chi connectivity index (χ3v) is 13.2. The van der Waals surface area contributed by atoms with Crippen molar-refractivity contribution in [3.8, 4) is 0 Å². The number of amides is 1. The Bertz CT molecular complexity index is 1040. The quantitative estimate of drug-likeness (QED) is 0.0208. The molecule has 1 aliphatic carbocycles. The first-order valence-electron chi connectivity index (χ1n) is 24.6. The van der Waals surface area contributed by atoms with E-state index in [1.165, 1.54) is 148 Å². The topological polar surface area (TPSA) is 226 Å². The lowest BCUT2D eigenvalue weighted by Crippen LogP contribution is -2.64. The number of carbonyl (C=O) groups excluding carboxylic acids is 1. The van der Waals surface area contributed by atoms with Crippen molar-refractivity contribution < 1.29 is 59.0 Å². The molecule has 0 spiro atoms. The van der Waals surface area contributed by atoms with Gasteiger partial charge in [-0.05, 0) is 12.8 Å². The number of unbranched alkanes of at least 4 members (excludes halogenated alkanes) is 29. The maximum Gasteiger partial charge on any atom is 0.472 e. The van der Waals surface area contributed by atoms with Gasteiger partial charge in [0, 0.05) is 6.42 Å². The van der Waals surface area contributed by atoms with Crippen LogP contribution in [-0.2, 0) is 18.4 Å². The highest BCUT2D eigenvalue weighted by molar-refractivity contribution is 7.47. The molecule has 60 heavy (non-hydrogen) atoms. The SMILES string of the molecule is CCCCCCCCCCCCCCCCCCCCCC(=O)N[C@@H](COP(=O)(O)OC1C(O)C(O)C(O)[C@@H](O)C1O)[C@H](O)[C@H](O)CCCCCCCCCCCCCC. The zero-order valence-electron chi connectivity index (χ0n) is 37.9. The molecular formula is C46H92NO12P. The number of phosphoric ester groups is 1. The van der Waals surface area contributed by atoms with Gasteiger partial charge in [0.1, 0.15) is 42.7 Å². The maximum absolute atomic E-state index is 13.0. The highest BCUT2D eigenvalue weighted by atomic mass is 31.2. The van der Waals surface area contributed by atoms with E-state index in [0.717, 1.165) is 38.5 Å². The molecule has 358 valence electrons. The molecule has 1 amide bonds. The first-order chi connectivity index (χ1) is 28.9. The minimum atomic E-state index is -5.15. The number of rotatable bonds is 41. The monoisotopic (exact) mass is 882 g/mol. The van der Waals surface area contributed by atoms with Crippen molar-refractivity contribution in [3.63, 3.8) is 0 Å². The van der Waals surface area contributed by atoms with Crippen LogP contribution in [0, 0.1) is 0 Å². The van der Waals surface area contributed by atoms with Gasteiger partial charge in [0.2, 0.25) is 5.91 Å². The van der Waals surface area contributed by atoms with Crippen LogP contribution in [0.15, 0.2) is 0 Å². The van der Waals surface area contributed by atoms with Gasteiger partial charge >= 0.3 is 7.82 Å². The third kappa shape index (κ3) is 27.5. The molecule has 0 heterocycles. The van der Waals surface area contributed by atoms with E-state index < -0.39 is 75.2 Å². The van der Waals surface area contributed by atoms with Crippen LogP contribution in [-0.4, -0.2) is 108 Å². The minimum absolute atomic E-state index is 0.156. The molecule has 0 saturated heterocycles. The Balaban J connectivity index is 2.47. The molecule has 14 heteroatoms. The molecule has 13 nitrogen and oxygen atoms in total. The predicted molar refractivity (Wildman–Crippen MR) is 238 cm³/mol. The van der Waals surface area contributed by atoms with Crippen LogP contribution >= 0.6 is 7.82 Å². The summed E-state index contributed by atoms with van der Waals surface area (Å²) in [7, 11) is -5.15. The Kier molecular flexibility index (Phi) is 35.0. The van der Waals surface area contributed by atoms with E-state index >= 15 is 0 Å². The lowest BCUT2D eigenvalue weighted by Gasteiger charge is -2.41. The summed E-state index contributed by atoms with van der Waals surface area (Å²) in [5, 5.41) is 74.9. The normalized spacial score (nSPS) is 23.3. The predicted octanol–water partition coefficient (Wildman–Crippen LogP) is 8.43. The van der Waals surface area contributed by atoms with Crippen molar-refractivity contribution in [2.45, 2.75) is 281 Å². The summed E-state index contributed by atoms with van der Waals surface area (Å²) in [6.07, 6.45) is 22.8. The Labute approximate surface area is 364 Å². The van der Waals surface area contributed by atoms with Crippen LogP contribution in [0.5, 0.6) is 0 Å². The van der Waals surface area contributed by atoms with Gasteiger partial charge in [0.05, 0.1) is 18.8 Å². The number of hydrogen-bond donors (Lipinski definition) is 9. The van der Waals surface area contributed by atoms with Gasteiger partial charge in [-0.15, -0.1) is 0 Å². The number of aliphatic hydroxyl groups excluding tert-OH is 7. The van der Waals surface area contributed by atoms with E-state index in [4.69, 9.17) is 9.05 Å². The molecule has 1 rings (SSSR count). The van der Waals surface area contributed by atoms with Gasteiger partial charge in [-0.3, -0.25) is 13.8 Å². The lowest BCUT2D eigenvalue weighted by atomic mass is 9.85. The standard InChI is InChI=1S/C46H92NO12P/c1-3-5-7-9-11-13-15-17-18-19-20-21-22-23-25-27-29-31-33-35-39(49)47-37(36-58-60(56,57)59-46-44(54)42(52)41(51)43(53)45(46)55)40(50)38(48)34-32-30-28-26-24-16-14-12-10-8-6-4-2/h37-38,40-46,48,50-55H,3-36H2,1-2H3,(H,47,49)(H,56,57)/t37-,38+,40-,41?,42+,43?,44?,45?,46?/m0/s1. The van der Waals surface area contributed by atoms with Crippen LogP contribution < -0.4 is 5.32 Å². The molecule has 0 bridgehead atoms. The van der Waals surface area contributed by atoms with E-state index in [1.54, 1.807) is 0 Å². The highest BCUT2D eigenvalue weighted by Crippen LogP contribution is 2.47. The number of aliphatic hydroxyl groups is 7. The summed E-state index contributed by atoms with van der Waals surface area (Å²) in [6, 6.07) is -1.30. The Morgan fingerprint density at radius 1 is 0.517 bits per heavy atom. The van der Waals surface area contributed by atoms with Crippen LogP contribution in [0.1, 0.15) is 226 Å². The summed E-state index contributed by atoms with van der Waals surface area (Å²) in [5.74, 6) is -0.417. The van der Waals surface area contributed by atoms with Gasteiger partial charge in [0.25, 0.3) is 0 Å². The number of hydrogen-bond acceptors (Lipinski definition) is 11. The van der Waals surface area contributed by atoms with Crippen molar-refractivity contribution in [1.29, 1.82) is 0 Å². The second kappa shape index (κ2) is 36.6. The third-order valence-electron chi connectivity index (χ3n) is 12.3. The summed E-state index contributed by atoms with van der Waals surface area (Å²) >= 11 is 0. The van der Waals surface area contributed by atoms with E-state index in [1.807, 2.05) is 0 Å². The average Bonchev–Trinajstić information content (AvgIpc) is 3.23. The fraction of sp³-hybridized carbons (Fsp3) is 0.978. The lowest BCUT2D eigenvalue weighted by molar-refractivity contribution is -0.220. The molecule has 10 atom stereocenters. The first kappa shape index (κ1) is 57.3.